The number of aliphatic hydroxyl groups is 1. The second-order valence-corrected chi connectivity index (χ2v) is 6.31. The van der Waals surface area contributed by atoms with Crippen molar-refractivity contribution in [2.45, 2.75) is 32.7 Å². The molecule has 0 bridgehead atoms. The molecule has 2 heterocycles. The number of nitrogens with one attached hydrogen (secondary N) is 1. The Bertz CT molecular complexity index is 799. The number of anilines is 2. The van der Waals surface area contributed by atoms with Crippen molar-refractivity contribution in [2.75, 3.05) is 29.9 Å². The second kappa shape index (κ2) is 7.99. The van der Waals surface area contributed by atoms with Gasteiger partial charge in [-0.05, 0) is 43.0 Å². The van der Waals surface area contributed by atoms with Crippen molar-refractivity contribution < 1.29 is 23.0 Å². The van der Waals surface area contributed by atoms with Gasteiger partial charge in [-0.1, -0.05) is 6.07 Å². The van der Waals surface area contributed by atoms with Crippen LogP contribution < -0.4 is 15.0 Å². The van der Waals surface area contributed by atoms with E-state index >= 15 is 0 Å². The average molecular weight is 382 g/mol. The molecule has 0 spiro atoms. The van der Waals surface area contributed by atoms with Crippen LogP contribution in [0.3, 0.4) is 0 Å². The first-order valence-corrected chi connectivity index (χ1v) is 8.67. The molecule has 0 unspecified atom stereocenters. The molecule has 0 atom stereocenters. The number of aliphatic hydroxyl groups excluding tert-OH is 1. The van der Waals surface area contributed by atoms with Crippen LogP contribution in [0.2, 0.25) is 0 Å². The van der Waals surface area contributed by atoms with E-state index in [-0.39, 0.29) is 12.4 Å². The first kappa shape index (κ1) is 19.2. The number of hydrogen-bond donors (Lipinski definition) is 2. The molecule has 6 nitrogen and oxygen atoms in total. The monoisotopic (exact) mass is 382 g/mol. The van der Waals surface area contributed by atoms with Gasteiger partial charge >= 0.3 is 6.36 Å². The van der Waals surface area contributed by atoms with Gasteiger partial charge in [0.2, 0.25) is 0 Å². The van der Waals surface area contributed by atoms with E-state index in [1.807, 2.05) is 11.0 Å². The number of ether oxygens (including phenoxy) is 1. The van der Waals surface area contributed by atoms with Gasteiger partial charge in [0.1, 0.15) is 23.2 Å². The lowest BCUT2D eigenvalue weighted by Gasteiger charge is -2.30. The van der Waals surface area contributed by atoms with Crippen LogP contribution in [0.5, 0.6) is 5.75 Å². The largest absolute Gasteiger partial charge is 0.573 e. The fourth-order valence-electron chi connectivity index (χ4n) is 3.03. The molecule has 2 N–H and O–H groups in total. The number of alkyl halides is 3. The highest BCUT2D eigenvalue weighted by molar-refractivity contribution is 5.52. The molecule has 9 heteroatoms. The molecule has 0 saturated heterocycles. The summed E-state index contributed by atoms with van der Waals surface area (Å²) in [5.74, 6) is 1.75. The van der Waals surface area contributed by atoms with E-state index in [0.717, 1.165) is 11.1 Å². The zero-order valence-corrected chi connectivity index (χ0v) is 14.9. The van der Waals surface area contributed by atoms with Crippen molar-refractivity contribution in [1.29, 1.82) is 0 Å². The second-order valence-electron chi connectivity index (χ2n) is 6.31. The summed E-state index contributed by atoms with van der Waals surface area (Å²) in [5, 5.41) is 12.0. The predicted molar refractivity (Wildman–Crippen MR) is 94.8 cm³/mol. The maximum Gasteiger partial charge on any atom is 0.573 e. The first-order valence-electron chi connectivity index (χ1n) is 8.67. The van der Waals surface area contributed by atoms with Crippen molar-refractivity contribution in [3.8, 4) is 5.75 Å². The summed E-state index contributed by atoms with van der Waals surface area (Å²) in [6.07, 6.45) is -3.39. The highest BCUT2D eigenvalue weighted by Crippen LogP contribution is 2.30. The van der Waals surface area contributed by atoms with Crippen LogP contribution in [-0.2, 0) is 13.0 Å². The Hall–Kier alpha value is -2.55. The van der Waals surface area contributed by atoms with Crippen LogP contribution in [-0.4, -0.2) is 41.1 Å². The number of fused-ring (bicyclic) bond motifs is 1. The van der Waals surface area contributed by atoms with E-state index in [9.17, 15) is 13.2 Å². The minimum atomic E-state index is -4.71. The minimum Gasteiger partial charge on any atom is -0.406 e. The van der Waals surface area contributed by atoms with Gasteiger partial charge in [0.25, 0.3) is 0 Å². The number of nitrogens with zero attached hydrogens (tertiary/aromatic N) is 3. The van der Waals surface area contributed by atoms with Gasteiger partial charge in [0.05, 0.1) is 0 Å². The molecule has 3 rings (SSSR count). The lowest BCUT2D eigenvalue weighted by molar-refractivity contribution is -0.274. The summed E-state index contributed by atoms with van der Waals surface area (Å²) in [5.41, 5.74) is 1.79. The van der Waals surface area contributed by atoms with Gasteiger partial charge in [0, 0.05) is 32.3 Å². The van der Waals surface area contributed by atoms with E-state index in [2.05, 4.69) is 20.0 Å². The van der Waals surface area contributed by atoms with Crippen LogP contribution >= 0.6 is 0 Å². The highest BCUT2D eigenvalue weighted by atomic mass is 19.4. The lowest BCUT2D eigenvalue weighted by Crippen LogP contribution is -2.31. The minimum absolute atomic E-state index is 0.0924. The van der Waals surface area contributed by atoms with Gasteiger partial charge in [0.15, 0.2) is 0 Å². The topological polar surface area (TPSA) is 70.5 Å². The Morgan fingerprint density at radius 3 is 2.78 bits per heavy atom. The molecule has 0 aliphatic carbocycles. The summed E-state index contributed by atoms with van der Waals surface area (Å²) < 4.78 is 41.4. The normalized spacial score (nSPS) is 14.0. The van der Waals surface area contributed by atoms with Crippen molar-refractivity contribution in [1.82, 2.24) is 9.97 Å². The van der Waals surface area contributed by atoms with Crippen LogP contribution in [0.1, 0.15) is 23.4 Å². The Morgan fingerprint density at radius 2 is 2.04 bits per heavy atom. The van der Waals surface area contributed by atoms with E-state index in [4.69, 9.17) is 5.11 Å². The summed E-state index contributed by atoms with van der Waals surface area (Å²) >= 11 is 0. The fraction of sp³-hybridized carbons (Fsp3) is 0.444. The number of aromatic nitrogens is 2. The molecule has 146 valence electrons. The molecule has 1 aromatic carbocycles. The number of benzene rings is 1. The van der Waals surface area contributed by atoms with Crippen molar-refractivity contribution in [2.24, 2.45) is 0 Å². The van der Waals surface area contributed by atoms with Crippen LogP contribution in [0.4, 0.5) is 24.8 Å². The Morgan fingerprint density at radius 1 is 1.22 bits per heavy atom. The van der Waals surface area contributed by atoms with E-state index in [0.29, 0.717) is 49.9 Å². The zero-order chi connectivity index (χ0) is 19.4. The maximum absolute atomic E-state index is 12.5. The first-order chi connectivity index (χ1) is 12.8. The smallest absolute Gasteiger partial charge is 0.406 e. The molecule has 0 fully saturated rings. The molecule has 1 aromatic heterocycles. The van der Waals surface area contributed by atoms with Crippen LogP contribution in [0.15, 0.2) is 24.3 Å². The molecule has 27 heavy (non-hydrogen) atoms. The molecule has 1 aliphatic heterocycles. The van der Waals surface area contributed by atoms with E-state index < -0.39 is 6.36 Å². The van der Waals surface area contributed by atoms with Crippen LogP contribution in [0.25, 0.3) is 0 Å². The summed E-state index contributed by atoms with van der Waals surface area (Å²) in [6.45, 7) is 3.62. The SMILES string of the molecule is Cc1nc(NCCCO)cc(N2CCc3ccc(OC(F)(F)F)cc3C2)n1. The molecule has 0 radical (unpaired) electrons. The number of hydrogen-bond acceptors (Lipinski definition) is 6. The maximum atomic E-state index is 12.5. The molecule has 0 amide bonds. The quantitative estimate of drug-likeness (QED) is 0.749. The van der Waals surface area contributed by atoms with E-state index in [1.54, 1.807) is 13.0 Å². The molecule has 0 saturated carbocycles. The molecule has 2 aromatic rings. The number of aryl methyl sites for hydroxylation is 1. The van der Waals surface area contributed by atoms with Gasteiger partial charge in [-0.15, -0.1) is 13.2 Å². The summed E-state index contributed by atoms with van der Waals surface area (Å²) in [4.78, 5) is 10.8. The summed E-state index contributed by atoms with van der Waals surface area (Å²) in [7, 11) is 0. The van der Waals surface area contributed by atoms with Gasteiger partial charge in [-0.25, -0.2) is 9.97 Å². The third-order valence-corrected chi connectivity index (χ3v) is 4.21. The van der Waals surface area contributed by atoms with Crippen molar-refractivity contribution >= 4 is 11.6 Å². The zero-order valence-electron chi connectivity index (χ0n) is 14.9. The Balaban J connectivity index is 1.77. The third kappa shape index (κ3) is 5.22. The summed E-state index contributed by atoms with van der Waals surface area (Å²) in [6, 6.07) is 6.27. The standard InChI is InChI=1S/C18H21F3N4O2/c1-12-23-16(22-6-2-8-26)10-17(24-12)25-7-5-13-3-4-15(9-14(13)11-25)27-18(19,20)21/h3-4,9-10,26H,2,5-8,11H2,1H3,(H,22,23,24). The number of rotatable bonds is 6. The van der Waals surface area contributed by atoms with Gasteiger partial charge in [-0.2, -0.15) is 0 Å². The van der Waals surface area contributed by atoms with Gasteiger partial charge in [-0.3, -0.25) is 0 Å². The van der Waals surface area contributed by atoms with Gasteiger partial charge < -0.3 is 20.1 Å². The van der Waals surface area contributed by atoms with Crippen molar-refractivity contribution in [3.63, 3.8) is 0 Å². The highest BCUT2D eigenvalue weighted by Gasteiger charge is 2.31. The molecule has 1 aliphatic rings. The molecular formula is C18H21F3N4O2. The van der Waals surface area contributed by atoms with Crippen molar-refractivity contribution in [3.05, 3.63) is 41.2 Å². The fourth-order valence-corrected chi connectivity index (χ4v) is 3.03. The van der Waals surface area contributed by atoms with E-state index in [1.165, 1.54) is 12.1 Å². The third-order valence-electron chi connectivity index (χ3n) is 4.21. The number of halogens is 3. The average Bonchev–Trinajstić information content (AvgIpc) is 2.59. The Kier molecular flexibility index (Phi) is 5.69. The van der Waals surface area contributed by atoms with Crippen LogP contribution in [0, 0.1) is 6.92 Å². The Labute approximate surface area is 155 Å². The lowest BCUT2D eigenvalue weighted by atomic mass is 9.99. The molecular weight excluding hydrogens is 361 g/mol. The predicted octanol–water partition coefficient (Wildman–Crippen LogP) is 3.04.